The topological polar surface area (TPSA) is 111 Å². The van der Waals surface area contributed by atoms with Crippen LogP contribution in [0.3, 0.4) is 0 Å². The maximum Gasteiger partial charge on any atom is 0.377 e. The molecule has 0 aliphatic carbocycles. The number of carboxylic acid groups (broad SMARTS) is 1. The number of hydrogen-bond donors (Lipinski definition) is 2. The lowest BCUT2D eigenvalue weighted by Crippen LogP contribution is -2.00. The van der Waals surface area contributed by atoms with E-state index >= 15 is 0 Å². The fourth-order valence-electron chi connectivity index (χ4n) is 1.15. The van der Waals surface area contributed by atoms with Crippen molar-refractivity contribution in [2.24, 2.45) is 0 Å². The van der Waals surface area contributed by atoms with Gasteiger partial charge in [0, 0.05) is 11.8 Å². The molecule has 0 aliphatic heterocycles. The molecule has 3 N–H and O–H groups in total. The summed E-state index contributed by atoms with van der Waals surface area (Å²) >= 11 is 0. The van der Waals surface area contributed by atoms with Gasteiger partial charge in [0.05, 0.1) is 0 Å². The molecule has 0 spiro atoms. The van der Waals surface area contributed by atoms with E-state index in [1.807, 2.05) is 0 Å². The zero-order valence-electron chi connectivity index (χ0n) is 8.66. The molecule has 2 aromatic rings. The first-order chi connectivity index (χ1) is 8.15. The molecule has 0 unspecified atom stereocenters. The van der Waals surface area contributed by atoms with E-state index in [1.54, 1.807) is 24.3 Å². The summed E-state index contributed by atoms with van der Waals surface area (Å²) in [6.45, 7) is -0.0102. The van der Waals surface area contributed by atoms with Gasteiger partial charge in [-0.25, -0.2) is 4.79 Å². The van der Waals surface area contributed by atoms with E-state index < -0.39 is 11.8 Å². The van der Waals surface area contributed by atoms with Gasteiger partial charge in [0.1, 0.15) is 5.75 Å². The van der Waals surface area contributed by atoms with Gasteiger partial charge in [0.2, 0.25) is 0 Å². The van der Waals surface area contributed by atoms with Crippen LogP contribution in [-0.2, 0) is 6.61 Å². The molecule has 0 atom stereocenters. The molecule has 0 radical (unpaired) electrons. The highest BCUT2D eigenvalue weighted by molar-refractivity contribution is 5.82. The van der Waals surface area contributed by atoms with Crippen molar-refractivity contribution in [1.29, 1.82) is 0 Å². The van der Waals surface area contributed by atoms with Crippen molar-refractivity contribution in [2.75, 3.05) is 5.73 Å². The third-order valence-corrected chi connectivity index (χ3v) is 1.88. The highest BCUT2D eigenvalue weighted by Gasteiger charge is 2.12. The van der Waals surface area contributed by atoms with Crippen LogP contribution in [0, 0.1) is 0 Å². The molecule has 7 nitrogen and oxygen atoms in total. The molecule has 0 aliphatic rings. The normalized spacial score (nSPS) is 10.1. The number of rotatable bonds is 4. The van der Waals surface area contributed by atoms with Gasteiger partial charge in [0.15, 0.2) is 6.61 Å². The summed E-state index contributed by atoms with van der Waals surface area (Å²) in [5, 5.41) is 11.8. The third kappa shape index (κ3) is 2.71. The smallest absolute Gasteiger partial charge is 0.377 e. The number of carboxylic acids is 1. The van der Waals surface area contributed by atoms with E-state index in [0.29, 0.717) is 11.4 Å². The number of aromatic nitrogens is 2. The number of nitrogen functional groups attached to an aromatic ring is 1. The molecule has 1 aromatic heterocycles. The van der Waals surface area contributed by atoms with Gasteiger partial charge in [0.25, 0.3) is 11.7 Å². The van der Waals surface area contributed by atoms with E-state index in [2.05, 4.69) is 14.7 Å². The second kappa shape index (κ2) is 4.52. The summed E-state index contributed by atoms with van der Waals surface area (Å²) < 4.78 is 9.98. The maximum absolute atomic E-state index is 10.5. The van der Waals surface area contributed by atoms with E-state index in [1.165, 1.54) is 0 Å². The zero-order valence-corrected chi connectivity index (χ0v) is 8.66. The quantitative estimate of drug-likeness (QED) is 0.758. The lowest BCUT2D eigenvalue weighted by molar-refractivity contribution is 0.0680. The molecule has 1 aromatic carbocycles. The fraction of sp³-hybridized carbons (Fsp3) is 0.100. The van der Waals surface area contributed by atoms with Crippen LogP contribution in [-0.4, -0.2) is 21.2 Å². The Morgan fingerprint density at radius 1 is 1.53 bits per heavy atom. The lowest BCUT2D eigenvalue weighted by atomic mass is 10.3. The largest absolute Gasteiger partial charge is 0.484 e. The van der Waals surface area contributed by atoms with Crippen LogP contribution in [0.4, 0.5) is 5.69 Å². The Morgan fingerprint density at radius 3 is 3.00 bits per heavy atom. The fourth-order valence-corrected chi connectivity index (χ4v) is 1.15. The Kier molecular flexibility index (Phi) is 2.91. The summed E-state index contributed by atoms with van der Waals surface area (Å²) in [7, 11) is 0. The van der Waals surface area contributed by atoms with Gasteiger partial charge < -0.3 is 20.1 Å². The molecular formula is C10H9N3O4. The molecule has 88 valence electrons. The van der Waals surface area contributed by atoms with Gasteiger partial charge >= 0.3 is 5.97 Å². The summed E-state index contributed by atoms with van der Waals surface area (Å²) in [6, 6.07) is 6.81. The first-order valence-electron chi connectivity index (χ1n) is 4.69. The average Bonchev–Trinajstić information content (AvgIpc) is 2.75. The summed E-state index contributed by atoms with van der Waals surface area (Å²) in [4.78, 5) is 14.1. The van der Waals surface area contributed by atoms with Gasteiger partial charge in [-0.15, -0.1) is 0 Å². The number of nitrogens with zero attached hydrogens (tertiary/aromatic N) is 2. The van der Waals surface area contributed by atoms with Crippen LogP contribution in [0.25, 0.3) is 0 Å². The minimum absolute atomic E-state index is 0.0102. The molecule has 0 saturated heterocycles. The minimum Gasteiger partial charge on any atom is -0.484 e. The monoisotopic (exact) mass is 235 g/mol. The second-order valence-electron chi connectivity index (χ2n) is 3.18. The van der Waals surface area contributed by atoms with Crippen molar-refractivity contribution >= 4 is 11.7 Å². The number of hydrogen-bond acceptors (Lipinski definition) is 6. The predicted molar refractivity (Wildman–Crippen MR) is 56.4 cm³/mol. The van der Waals surface area contributed by atoms with Crippen molar-refractivity contribution in [1.82, 2.24) is 10.1 Å². The highest BCUT2D eigenvalue weighted by Crippen LogP contribution is 2.15. The van der Waals surface area contributed by atoms with Gasteiger partial charge in [-0.05, 0) is 17.3 Å². The molecule has 2 rings (SSSR count). The SMILES string of the molecule is Nc1cccc(OCc2nc(C(=O)O)no2)c1. The Morgan fingerprint density at radius 2 is 2.35 bits per heavy atom. The minimum atomic E-state index is -1.25. The van der Waals surface area contributed by atoms with E-state index in [4.69, 9.17) is 15.6 Å². The van der Waals surface area contributed by atoms with Gasteiger partial charge in [-0.1, -0.05) is 6.07 Å². The Balaban J connectivity index is 2.00. The van der Waals surface area contributed by atoms with Gasteiger partial charge in [-0.2, -0.15) is 4.98 Å². The van der Waals surface area contributed by atoms with Crippen molar-refractivity contribution in [2.45, 2.75) is 6.61 Å². The number of nitrogens with two attached hydrogens (primary N) is 1. The van der Waals surface area contributed by atoms with E-state index in [0.717, 1.165) is 0 Å². The van der Waals surface area contributed by atoms with Crippen molar-refractivity contribution < 1.29 is 19.2 Å². The molecule has 0 fully saturated rings. The molecule has 1 heterocycles. The Bertz CT molecular complexity index is 538. The molecular weight excluding hydrogens is 226 g/mol. The Labute approximate surface area is 95.8 Å². The predicted octanol–water partition coefficient (Wildman–Crippen LogP) is 0.929. The number of ether oxygens (including phenoxy) is 1. The number of benzene rings is 1. The molecule has 7 heteroatoms. The molecule has 0 bridgehead atoms. The number of anilines is 1. The molecule has 17 heavy (non-hydrogen) atoms. The van der Waals surface area contributed by atoms with Gasteiger partial charge in [-0.3, -0.25) is 0 Å². The van der Waals surface area contributed by atoms with Crippen LogP contribution in [0.2, 0.25) is 0 Å². The van der Waals surface area contributed by atoms with E-state index in [-0.39, 0.29) is 12.5 Å². The van der Waals surface area contributed by atoms with Crippen LogP contribution in [0.1, 0.15) is 16.5 Å². The van der Waals surface area contributed by atoms with Crippen LogP contribution >= 0.6 is 0 Å². The summed E-state index contributed by atoms with van der Waals surface area (Å²) in [5.41, 5.74) is 6.13. The number of carbonyl (C=O) groups is 1. The van der Waals surface area contributed by atoms with Crippen LogP contribution < -0.4 is 10.5 Å². The van der Waals surface area contributed by atoms with Crippen molar-refractivity contribution in [3.05, 3.63) is 36.0 Å². The molecule has 0 saturated carbocycles. The Hall–Kier alpha value is -2.57. The van der Waals surface area contributed by atoms with E-state index in [9.17, 15) is 4.79 Å². The average molecular weight is 235 g/mol. The van der Waals surface area contributed by atoms with Crippen molar-refractivity contribution in [3.8, 4) is 5.75 Å². The maximum atomic E-state index is 10.5. The van der Waals surface area contributed by atoms with Crippen LogP contribution in [0.15, 0.2) is 28.8 Å². The van der Waals surface area contributed by atoms with Crippen molar-refractivity contribution in [3.63, 3.8) is 0 Å². The summed E-state index contributed by atoms with van der Waals surface area (Å²) in [5.74, 6) is -1.01. The standard InChI is InChI=1S/C10H9N3O4/c11-6-2-1-3-7(4-6)16-5-8-12-9(10(14)15)13-17-8/h1-4H,5,11H2,(H,14,15). The first kappa shape index (κ1) is 10.9. The van der Waals surface area contributed by atoms with Crippen LogP contribution in [0.5, 0.6) is 5.75 Å². The number of aromatic carboxylic acids is 1. The highest BCUT2D eigenvalue weighted by atomic mass is 16.5. The molecule has 0 amide bonds. The first-order valence-corrected chi connectivity index (χ1v) is 4.69. The third-order valence-electron chi connectivity index (χ3n) is 1.88. The summed E-state index contributed by atoms with van der Waals surface area (Å²) in [6.07, 6.45) is 0. The zero-order chi connectivity index (χ0) is 12.3. The lowest BCUT2D eigenvalue weighted by Gasteiger charge is -2.02. The second-order valence-corrected chi connectivity index (χ2v) is 3.18.